The van der Waals surface area contributed by atoms with Crippen LogP contribution in [0.2, 0.25) is 0 Å². The Morgan fingerprint density at radius 3 is 2.78 bits per heavy atom. The maximum absolute atomic E-state index is 13.7. The standard InChI is InChI=1S/C14H18FNO2/c1-9-4-2-3-5-12(9)16-13-8-10(14(17)18)6-7-11(13)15/h6-9,12,16H,2-5H2,1H3,(H,17,18). The lowest BCUT2D eigenvalue weighted by Gasteiger charge is -2.30. The minimum absolute atomic E-state index is 0.113. The maximum atomic E-state index is 13.7. The first kappa shape index (κ1) is 12.9. The molecule has 1 aliphatic carbocycles. The van der Waals surface area contributed by atoms with E-state index in [0.29, 0.717) is 11.6 Å². The second-order valence-electron chi connectivity index (χ2n) is 5.01. The van der Waals surface area contributed by atoms with Crippen molar-refractivity contribution >= 4 is 11.7 Å². The van der Waals surface area contributed by atoms with Crippen molar-refractivity contribution < 1.29 is 14.3 Å². The molecule has 2 N–H and O–H groups in total. The van der Waals surface area contributed by atoms with Crippen molar-refractivity contribution in [2.75, 3.05) is 5.32 Å². The zero-order valence-electron chi connectivity index (χ0n) is 10.4. The molecule has 0 radical (unpaired) electrons. The highest BCUT2D eigenvalue weighted by Gasteiger charge is 2.22. The first-order valence-corrected chi connectivity index (χ1v) is 6.37. The molecule has 2 rings (SSSR count). The van der Waals surface area contributed by atoms with Crippen molar-refractivity contribution in [2.24, 2.45) is 5.92 Å². The molecule has 0 heterocycles. The summed E-state index contributed by atoms with van der Waals surface area (Å²) in [6.07, 6.45) is 4.51. The number of anilines is 1. The number of carboxylic acid groups (broad SMARTS) is 1. The van der Waals surface area contributed by atoms with Gasteiger partial charge < -0.3 is 10.4 Å². The average Bonchev–Trinajstić information content (AvgIpc) is 2.34. The van der Waals surface area contributed by atoms with Gasteiger partial charge in [-0.3, -0.25) is 0 Å². The van der Waals surface area contributed by atoms with Crippen LogP contribution in [-0.2, 0) is 0 Å². The topological polar surface area (TPSA) is 49.3 Å². The van der Waals surface area contributed by atoms with E-state index in [1.807, 2.05) is 0 Å². The monoisotopic (exact) mass is 251 g/mol. The first-order chi connectivity index (χ1) is 8.58. The Labute approximate surface area is 106 Å². The number of aromatic carboxylic acids is 1. The number of hydrogen-bond donors (Lipinski definition) is 2. The van der Waals surface area contributed by atoms with Gasteiger partial charge in [-0.1, -0.05) is 19.8 Å². The van der Waals surface area contributed by atoms with Gasteiger partial charge in [-0.25, -0.2) is 9.18 Å². The fraction of sp³-hybridized carbons (Fsp3) is 0.500. The summed E-state index contributed by atoms with van der Waals surface area (Å²) in [7, 11) is 0. The average molecular weight is 251 g/mol. The molecule has 1 fully saturated rings. The van der Waals surface area contributed by atoms with Crippen molar-refractivity contribution in [3.8, 4) is 0 Å². The normalized spacial score (nSPS) is 23.7. The van der Waals surface area contributed by atoms with Gasteiger partial charge >= 0.3 is 5.97 Å². The molecule has 1 aromatic rings. The number of nitrogens with one attached hydrogen (secondary N) is 1. The second-order valence-corrected chi connectivity index (χ2v) is 5.01. The number of carbonyl (C=O) groups is 1. The molecule has 3 nitrogen and oxygen atoms in total. The Bertz CT molecular complexity index is 447. The molecule has 0 bridgehead atoms. The van der Waals surface area contributed by atoms with E-state index >= 15 is 0 Å². The summed E-state index contributed by atoms with van der Waals surface area (Å²) in [5.41, 5.74) is 0.413. The predicted molar refractivity (Wildman–Crippen MR) is 68.4 cm³/mol. The fourth-order valence-corrected chi connectivity index (χ4v) is 2.50. The van der Waals surface area contributed by atoms with Gasteiger partial charge in [0.25, 0.3) is 0 Å². The van der Waals surface area contributed by atoms with E-state index in [9.17, 15) is 9.18 Å². The molecule has 2 unspecified atom stereocenters. The molecular formula is C14H18FNO2. The minimum atomic E-state index is -1.03. The highest BCUT2D eigenvalue weighted by Crippen LogP contribution is 2.28. The SMILES string of the molecule is CC1CCCCC1Nc1cc(C(=O)O)ccc1F. The molecule has 0 saturated heterocycles. The third kappa shape index (κ3) is 2.81. The summed E-state index contributed by atoms with van der Waals surface area (Å²) in [5, 5.41) is 12.1. The summed E-state index contributed by atoms with van der Waals surface area (Å²) in [4.78, 5) is 10.9. The summed E-state index contributed by atoms with van der Waals surface area (Å²) in [5.74, 6) is -0.931. The Kier molecular flexibility index (Phi) is 3.84. The molecule has 2 atom stereocenters. The lowest BCUT2D eigenvalue weighted by molar-refractivity contribution is 0.0697. The van der Waals surface area contributed by atoms with Gasteiger partial charge in [0.1, 0.15) is 5.82 Å². The molecule has 0 aromatic heterocycles. The van der Waals surface area contributed by atoms with Crippen LogP contribution in [0.25, 0.3) is 0 Å². The van der Waals surface area contributed by atoms with Crippen LogP contribution in [0.1, 0.15) is 43.0 Å². The molecule has 4 heteroatoms. The van der Waals surface area contributed by atoms with Crippen molar-refractivity contribution in [3.05, 3.63) is 29.6 Å². The van der Waals surface area contributed by atoms with Gasteiger partial charge in [0.2, 0.25) is 0 Å². The fourth-order valence-electron chi connectivity index (χ4n) is 2.50. The van der Waals surface area contributed by atoms with E-state index in [4.69, 9.17) is 5.11 Å². The van der Waals surface area contributed by atoms with Gasteiger partial charge in [-0.15, -0.1) is 0 Å². The Morgan fingerprint density at radius 2 is 2.11 bits per heavy atom. The Morgan fingerprint density at radius 1 is 1.39 bits per heavy atom. The number of rotatable bonds is 3. The van der Waals surface area contributed by atoms with Crippen LogP contribution < -0.4 is 5.32 Å². The molecule has 0 aliphatic heterocycles. The van der Waals surface area contributed by atoms with Crippen molar-refractivity contribution in [1.82, 2.24) is 0 Å². The van der Waals surface area contributed by atoms with E-state index in [2.05, 4.69) is 12.2 Å². The van der Waals surface area contributed by atoms with E-state index < -0.39 is 11.8 Å². The summed E-state index contributed by atoms with van der Waals surface area (Å²) in [6, 6.07) is 4.10. The van der Waals surface area contributed by atoms with Crippen LogP contribution in [-0.4, -0.2) is 17.1 Å². The van der Waals surface area contributed by atoms with E-state index in [0.717, 1.165) is 19.3 Å². The Balaban J connectivity index is 2.17. The quantitative estimate of drug-likeness (QED) is 0.864. The van der Waals surface area contributed by atoms with Crippen LogP contribution in [0.15, 0.2) is 18.2 Å². The van der Waals surface area contributed by atoms with Gasteiger partial charge in [-0.2, -0.15) is 0 Å². The van der Waals surface area contributed by atoms with Crippen molar-refractivity contribution in [1.29, 1.82) is 0 Å². The highest BCUT2D eigenvalue weighted by atomic mass is 19.1. The van der Waals surface area contributed by atoms with Gasteiger partial charge in [0.15, 0.2) is 0 Å². The van der Waals surface area contributed by atoms with Crippen LogP contribution in [0, 0.1) is 11.7 Å². The molecule has 0 amide bonds. The molecule has 1 saturated carbocycles. The summed E-state index contributed by atoms with van der Waals surface area (Å²) >= 11 is 0. The van der Waals surface area contributed by atoms with Gasteiger partial charge in [0.05, 0.1) is 11.3 Å². The van der Waals surface area contributed by atoms with Gasteiger partial charge in [-0.05, 0) is 37.0 Å². The lowest BCUT2D eigenvalue weighted by atomic mass is 9.86. The van der Waals surface area contributed by atoms with E-state index in [1.165, 1.54) is 24.6 Å². The number of hydrogen-bond acceptors (Lipinski definition) is 2. The zero-order chi connectivity index (χ0) is 13.1. The van der Waals surface area contributed by atoms with E-state index in [-0.39, 0.29) is 11.6 Å². The van der Waals surface area contributed by atoms with Crippen LogP contribution in [0.4, 0.5) is 10.1 Å². The van der Waals surface area contributed by atoms with Crippen LogP contribution in [0.5, 0.6) is 0 Å². The molecule has 98 valence electrons. The summed E-state index contributed by atoms with van der Waals surface area (Å²) in [6.45, 7) is 2.15. The molecule has 1 aromatic carbocycles. The summed E-state index contributed by atoms with van der Waals surface area (Å²) < 4.78 is 13.7. The molecular weight excluding hydrogens is 233 g/mol. The third-order valence-corrected chi connectivity index (χ3v) is 3.67. The highest BCUT2D eigenvalue weighted by molar-refractivity contribution is 5.88. The van der Waals surface area contributed by atoms with Crippen molar-refractivity contribution in [2.45, 2.75) is 38.6 Å². The minimum Gasteiger partial charge on any atom is -0.478 e. The third-order valence-electron chi connectivity index (χ3n) is 3.67. The van der Waals surface area contributed by atoms with Gasteiger partial charge in [0, 0.05) is 6.04 Å². The smallest absolute Gasteiger partial charge is 0.335 e. The maximum Gasteiger partial charge on any atom is 0.335 e. The van der Waals surface area contributed by atoms with Crippen LogP contribution >= 0.6 is 0 Å². The van der Waals surface area contributed by atoms with Crippen molar-refractivity contribution in [3.63, 3.8) is 0 Å². The molecule has 0 spiro atoms. The van der Waals surface area contributed by atoms with Crippen LogP contribution in [0.3, 0.4) is 0 Å². The largest absolute Gasteiger partial charge is 0.478 e. The number of halogens is 1. The first-order valence-electron chi connectivity index (χ1n) is 6.37. The number of benzene rings is 1. The zero-order valence-corrected chi connectivity index (χ0v) is 10.4. The lowest BCUT2D eigenvalue weighted by Crippen LogP contribution is -2.30. The molecule has 1 aliphatic rings. The Hall–Kier alpha value is -1.58. The van der Waals surface area contributed by atoms with E-state index in [1.54, 1.807) is 0 Å². The molecule has 18 heavy (non-hydrogen) atoms. The predicted octanol–water partition coefficient (Wildman–Crippen LogP) is 3.51. The second kappa shape index (κ2) is 5.38. The number of carboxylic acids is 1.